The number of hydrogen-bond acceptors (Lipinski definition) is 3. The molecule has 0 bridgehead atoms. The standard InChI is InChI=1S/C12H18N2O/c13-12-5-3-11(4-6-12)7-9-14-8-1-2-10-15-14/h3-6H,1-2,7-10,13H2. The summed E-state index contributed by atoms with van der Waals surface area (Å²) in [6, 6.07) is 8.07. The molecule has 0 spiro atoms. The molecule has 0 radical (unpaired) electrons. The summed E-state index contributed by atoms with van der Waals surface area (Å²) in [7, 11) is 0. The molecule has 2 rings (SSSR count). The zero-order valence-corrected chi connectivity index (χ0v) is 8.98. The Morgan fingerprint density at radius 1 is 1.20 bits per heavy atom. The lowest BCUT2D eigenvalue weighted by molar-refractivity contribution is -0.179. The molecule has 2 N–H and O–H groups in total. The zero-order chi connectivity index (χ0) is 10.5. The van der Waals surface area contributed by atoms with Gasteiger partial charge in [-0.25, -0.2) is 0 Å². The smallest absolute Gasteiger partial charge is 0.0685 e. The van der Waals surface area contributed by atoms with Crippen LogP contribution < -0.4 is 5.73 Å². The molecule has 0 atom stereocenters. The summed E-state index contributed by atoms with van der Waals surface area (Å²) in [5, 5.41) is 2.07. The topological polar surface area (TPSA) is 38.5 Å². The van der Waals surface area contributed by atoms with Crippen molar-refractivity contribution in [2.75, 3.05) is 25.4 Å². The maximum absolute atomic E-state index is 5.63. The van der Waals surface area contributed by atoms with Crippen LogP contribution in [0.25, 0.3) is 0 Å². The average Bonchev–Trinajstić information content (AvgIpc) is 2.30. The number of nitrogens with zero attached hydrogens (tertiary/aromatic N) is 1. The number of nitrogens with two attached hydrogens (primary N) is 1. The second-order valence-electron chi connectivity index (χ2n) is 3.96. The highest BCUT2D eigenvalue weighted by Crippen LogP contribution is 2.09. The Kier molecular flexibility index (Phi) is 3.59. The van der Waals surface area contributed by atoms with E-state index in [0.29, 0.717) is 0 Å². The fourth-order valence-corrected chi connectivity index (χ4v) is 1.76. The Labute approximate surface area is 90.8 Å². The predicted octanol–water partition coefficient (Wildman–Crippen LogP) is 1.84. The average molecular weight is 206 g/mol. The van der Waals surface area contributed by atoms with E-state index in [-0.39, 0.29) is 0 Å². The normalized spacial score (nSPS) is 17.9. The molecule has 1 saturated heterocycles. The van der Waals surface area contributed by atoms with E-state index in [9.17, 15) is 0 Å². The van der Waals surface area contributed by atoms with Gasteiger partial charge < -0.3 is 5.73 Å². The number of nitrogen functional groups attached to an aromatic ring is 1. The van der Waals surface area contributed by atoms with Crippen molar-refractivity contribution in [2.24, 2.45) is 0 Å². The van der Waals surface area contributed by atoms with Crippen LogP contribution in [0.4, 0.5) is 5.69 Å². The molecular formula is C12H18N2O. The number of anilines is 1. The van der Waals surface area contributed by atoms with E-state index >= 15 is 0 Å². The van der Waals surface area contributed by atoms with Gasteiger partial charge in [0.1, 0.15) is 0 Å². The van der Waals surface area contributed by atoms with Crippen LogP contribution in [0.15, 0.2) is 24.3 Å². The Morgan fingerprint density at radius 3 is 2.67 bits per heavy atom. The Morgan fingerprint density at radius 2 is 2.00 bits per heavy atom. The third-order valence-corrected chi connectivity index (χ3v) is 2.71. The van der Waals surface area contributed by atoms with Crippen LogP contribution in [0.1, 0.15) is 18.4 Å². The molecule has 1 fully saturated rings. The SMILES string of the molecule is Nc1ccc(CCN2CCCCO2)cc1. The first kappa shape index (κ1) is 10.5. The second-order valence-corrected chi connectivity index (χ2v) is 3.96. The van der Waals surface area contributed by atoms with Crippen LogP contribution in [0.2, 0.25) is 0 Å². The van der Waals surface area contributed by atoms with Gasteiger partial charge >= 0.3 is 0 Å². The van der Waals surface area contributed by atoms with Crippen LogP contribution in [0.3, 0.4) is 0 Å². The molecule has 1 aromatic rings. The highest BCUT2D eigenvalue weighted by molar-refractivity contribution is 5.39. The van der Waals surface area contributed by atoms with Gasteiger partial charge in [0.2, 0.25) is 0 Å². The number of hydroxylamine groups is 2. The molecule has 82 valence electrons. The van der Waals surface area contributed by atoms with Gasteiger partial charge in [-0.15, -0.1) is 0 Å². The molecule has 0 aliphatic carbocycles. The molecule has 0 aromatic heterocycles. The summed E-state index contributed by atoms with van der Waals surface area (Å²) >= 11 is 0. The Hall–Kier alpha value is -1.06. The van der Waals surface area contributed by atoms with Crippen LogP contribution in [-0.4, -0.2) is 24.8 Å². The molecule has 3 heteroatoms. The molecule has 0 saturated carbocycles. The summed E-state index contributed by atoms with van der Waals surface area (Å²) < 4.78 is 0. The molecule has 0 amide bonds. The van der Waals surface area contributed by atoms with Crippen molar-refractivity contribution in [2.45, 2.75) is 19.3 Å². The van der Waals surface area contributed by atoms with Crippen LogP contribution in [0.5, 0.6) is 0 Å². The number of rotatable bonds is 3. The fraction of sp³-hybridized carbons (Fsp3) is 0.500. The van der Waals surface area contributed by atoms with E-state index in [1.54, 1.807) is 0 Å². The minimum absolute atomic E-state index is 0.827. The highest BCUT2D eigenvalue weighted by Gasteiger charge is 2.09. The van der Waals surface area contributed by atoms with E-state index in [4.69, 9.17) is 10.6 Å². The van der Waals surface area contributed by atoms with Gasteiger partial charge in [-0.1, -0.05) is 12.1 Å². The van der Waals surface area contributed by atoms with Gasteiger partial charge in [-0.05, 0) is 37.0 Å². The maximum Gasteiger partial charge on any atom is 0.0685 e. The molecule has 1 aliphatic rings. The quantitative estimate of drug-likeness (QED) is 0.767. The van der Waals surface area contributed by atoms with Gasteiger partial charge in [0.05, 0.1) is 6.61 Å². The lowest BCUT2D eigenvalue weighted by Gasteiger charge is -2.25. The van der Waals surface area contributed by atoms with Crippen LogP contribution >= 0.6 is 0 Å². The first-order valence-electron chi connectivity index (χ1n) is 5.57. The van der Waals surface area contributed by atoms with Crippen LogP contribution in [-0.2, 0) is 11.3 Å². The fourth-order valence-electron chi connectivity index (χ4n) is 1.76. The van der Waals surface area contributed by atoms with Crippen molar-refractivity contribution < 1.29 is 4.84 Å². The molecular weight excluding hydrogens is 188 g/mol. The molecule has 15 heavy (non-hydrogen) atoms. The Bertz CT molecular complexity index is 291. The molecule has 0 unspecified atom stereocenters. The zero-order valence-electron chi connectivity index (χ0n) is 8.98. The largest absolute Gasteiger partial charge is 0.399 e. The van der Waals surface area contributed by atoms with Gasteiger partial charge in [0.15, 0.2) is 0 Å². The third-order valence-electron chi connectivity index (χ3n) is 2.71. The summed E-state index contributed by atoms with van der Waals surface area (Å²) in [6.07, 6.45) is 3.47. The Balaban J connectivity index is 1.79. The minimum atomic E-state index is 0.827. The number of benzene rings is 1. The van der Waals surface area contributed by atoms with Crippen molar-refractivity contribution >= 4 is 5.69 Å². The van der Waals surface area contributed by atoms with E-state index in [1.807, 2.05) is 12.1 Å². The second kappa shape index (κ2) is 5.14. The first-order valence-corrected chi connectivity index (χ1v) is 5.57. The summed E-state index contributed by atoms with van der Waals surface area (Å²) in [5.74, 6) is 0. The van der Waals surface area contributed by atoms with Gasteiger partial charge in [-0.2, -0.15) is 5.06 Å². The van der Waals surface area contributed by atoms with Gasteiger partial charge in [0, 0.05) is 18.8 Å². The summed E-state index contributed by atoms with van der Waals surface area (Å²) in [4.78, 5) is 5.53. The minimum Gasteiger partial charge on any atom is -0.399 e. The molecule has 1 heterocycles. The number of hydrogen-bond donors (Lipinski definition) is 1. The van der Waals surface area contributed by atoms with Crippen molar-refractivity contribution in [3.8, 4) is 0 Å². The van der Waals surface area contributed by atoms with Gasteiger partial charge in [0.25, 0.3) is 0 Å². The van der Waals surface area contributed by atoms with Crippen molar-refractivity contribution in [3.05, 3.63) is 29.8 Å². The van der Waals surface area contributed by atoms with E-state index in [2.05, 4.69) is 17.2 Å². The van der Waals surface area contributed by atoms with E-state index < -0.39 is 0 Å². The van der Waals surface area contributed by atoms with Crippen LogP contribution in [0, 0.1) is 0 Å². The van der Waals surface area contributed by atoms with Gasteiger partial charge in [-0.3, -0.25) is 4.84 Å². The maximum atomic E-state index is 5.63. The van der Waals surface area contributed by atoms with Crippen molar-refractivity contribution in [1.29, 1.82) is 0 Å². The third kappa shape index (κ3) is 3.22. The molecule has 3 nitrogen and oxygen atoms in total. The highest BCUT2D eigenvalue weighted by atomic mass is 16.7. The van der Waals surface area contributed by atoms with E-state index in [1.165, 1.54) is 18.4 Å². The first-order chi connectivity index (χ1) is 7.34. The lowest BCUT2D eigenvalue weighted by atomic mass is 10.1. The van der Waals surface area contributed by atoms with Crippen molar-refractivity contribution in [3.63, 3.8) is 0 Å². The van der Waals surface area contributed by atoms with E-state index in [0.717, 1.165) is 31.8 Å². The predicted molar refractivity (Wildman–Crippen MR) is 61.3 cm³/mol. The summed E-state index contributed by atoms with van der Waals surface area (Å²) in [6.45, 7) is 2.92. The molecule has 1 aromatic carbocycles. The monoisotopic (exact) mass is 206 g/mol. The van der Waals surface area contributed by atoms with Crippen molar-refractivity contribution in [1.82, 2.24) is 5.06 Å². The summed E-state index contributed by atoms with van der Waals surface area (Å²) in [5.41, 5.74) is 7.78. The molecule has 1 aliphatic heterocycles. The lowest BCUT2D eigenvalue weighted by Crippen LogP contribution is -2.31.